The van der Waals surface area contributed by atoms with E-state index in [1.807, 2.05) is 0 Å². The summed E-state index contributed by atoms with van der Waals surface area (Å²) in [4.78, 5) is 3.49. The lowest BCUT2D eigenvalue weighted by Gasteiger charge is -2.10. The van der Waals surface area contributed by atoms with Crippen LogP contribution in [0.4, 0.5) is 13.2 Å². The zero-order valence-corrected chi connectivity index (χ0v) is 7.44. The van der Waals surface area contributed by atoms with Crippen molar-refractivity contribution in [3.05, 3.63) is 29.1 Å². The molecule has 0 aromatic carbocycles. The largest absolute Gasteiger partial charge is 0.433 e. The standard InChI is InChI=1S/C9H10F3N/c1-3-7-5-4-6(2)13-8(7)9(10,11)12/h4-5H,3H2,1-2H3. The predicted molar refractivity (Wildman–Crippen MR) is 43.4 cm³/mol. The summed E-state index contributed by atoms with van der Waals surface area (Å²) in [5.41, 5.74) is -0.113. The fraction of sp³-hybridized carbons (Fsp3) is 0.444. The number of nitrogens with zero attached hydrogens (tertiary/aromatic N) is 1. The third-order valence-electron chi connectivity index (χ3n) is 1.77. The van der Waals surface area contributed by atoms with Crippen LogP contribution in [0.2, 0.25) is 0 Å². The second-order valence-electron chi connectivity index (χ2n) is 2.81. The van der Waals surface area contributed by atoms with Gasteiger partial charge < -0.3 is 0 Å². The molecule has 1 aromatic heterocycles. The molecule has 0 fully saturated rings. The van der Waals surface area contributed by atoms with Gasteiger partial charge in [0.1, 0.15) is 5.69 Å². The first-order valence-electron chi connectivity index (χ1n) is 3.99. The first-order chi connectivity index (χ1) is 5.95. The molecule has 72 valence electrons. The van der Waals surface area contributed by atoms with Crippen LogP contribution in [0.15, 0.2) is 12.1 Å². The lowest BCUT2D eigenvalue weighted by atomic mass is 10.1. The first-order valence-corrected chi connectivity index (χ1v) is 3.99. The summed E-state index contributed by atoms with van der Waals surface area (Å²) in [7, 11) is 0. The molecule has 4 heteroatoms. The predicted octanol–water partition coefficient (Wildman–Crippen LogP) is 2.97. The fourth-order valence-electron chi connectivity index (χ4n) is 1.12. The van der Waals surface area contributed by atoms with Crippen molar-refractivity contribution in [3.8, 4) is 0 Å². The van der Waals surface area contributed by atoms with Crippen LogP contribution in [-0.2, 0) is 12.6 Å². The Kier molecular flexibility index (Phi) is 2.59. The third kappa shape index (κ3) is 2.20. The summed E-state index contributed by atoms with van der Waals surface area (Å²) in [6.07, 6.45) is -3.99. The first kappa shape index (κ1) is 10.0. The monoisotopic (exact) mass is 189 g/mol. The summed E-state index contributed by atoms with van der Waals surface area (Å²) >= 11 is 0. The molecule has 13 heavy (non-hydrogen) atoms. The number of aromatic nitrogens is 1. The number of pyridine rings is 1. The Labute approximate surface area is 74.6 Å². The molecule has 1 aromatic rings. The van der Waals surface area contributed by atoms with E-state index in [0.717, 1.165) is 0 Å². The number of halogens is 3. The molecule has 1 rings (SSSR count). The van der Waals surface area contributed by atoms with Gasteiger partial charge in [-0.05, 0) is 25.0 Å². The SMILES string of the molecule is CCc1ccc(C)nc1C(F)(F)F. The molecule has 0 unspecified atom stereocenters. The second-order valence-corrected chi connectivity index (χ2v) is 2.81. The van der Waals surface area contributed by atoms with Gasteiger partial charge in [-0.25, -0.2) is 4.98 Å². The van der Waals surface area contributed by atoms with Gasteiger partial charge in [0.15, 0.2) is 0 Å². The molecule has 0 aliphatic carbocycles. The Morgan fingerprint density at radius 3 is 2.38 bits per heavy atom. The van der Waals surface area contributed by atoms with E-state index in [4.69, 9.17) is 0 Å². The van der Waals surface area contributed by atoms with Crippen LogP contribution in [0.25, 0.3) is 0 Å². The maximum atomic E-state index is 12.4. The van der Waals surface area contributed by atoms with Gasteiger partial charge in [0.2, 0.25) is 0 Å². The van der Waals surface area contributed by atoms with Gasteiger partial charge in [0.05, 0.1) is 0 Å². The normalized spacial score (nSPS) is 11.8. The number of aryl methyl sites for hydroxylation is 2. The van der Waals surface area contributed by atoms with Crippen LogP contribution in [-0.4, -0.2) is 4.98 Å². The van der Waals surface area contributed by atoms with E-state index in [9.17, 15) is 13.2 Å². The van der Waals surface area contributed by atoms with Gasteiger partial charge in [0, 0.05) is 5.69 Å². The number of hydrogen-bond donors (Lipinski definition) is 0. The minimum absolute atomic E-state index is 0.248. The Balaban J connectivity index is 3.24. The Bertz CT molecular complexity index is 304. The molecular formula is C9H10F3N. The van der Waals surface area contributed by atoms with Gasteiger partial charge in [-0.15, -0.1) is 0 Å². The summed E-state index contributed by atoms with van der Waals surface area (Å²) in [6, 6.07) is 3.07. The van der Waals surface area contributed by atoms with Crippen LogP contribution >= 0.6 is 0 Å². The summed E-state index contributed by atoms with van der Waals surface area (Å²) < 4.78 is 37.1. The molecule has 0 aliphatic rings. The Morgan fingerprint density at radius 1 is 1.31 bits per heavy atom. The van der Waals surface area contributed by atoms with E-state index < -0.39 is 11.9 Å². The van der Waals surface area contributed by atoms with E-state index in [1.54, 1.807) is 19.9 Å². The minimum atomic E-state index is -4.34. The van der Waals surface area contributed by atoms with Crippen molar-refractivity contribution in [2.45, 2.75) is 26.4 Å². The third-order valence-corrected chi connectivity index (χ3v) is 1.77. The zero-order chi connectivity index (χ0) is 10.1. The van der Waals surface area contributed by atoms with Crippen molar-refractivity contribution in [2.75, 3.05) is 0 Å². The highest BCUT2D eigenvalue weighted by atomic mass is 19.4. The van der Waals surface area contributed by atoms with Crippen LogP contribution in [0.3, 0.4) is 0 Å². The lowest BCUT2D eigenvalue weighted by molar-refractivity contribution is -0.141. The number of rotatable bonds is 1. The molecule has 1 heterocycles. The zero-order valence-electron chi connectivity index (χ0n) is 7.44. The number of hydrogen-bond acceptors (Lipinski definition) is 1. The van der Waals surface area contributed by atoms with Gasteiger partial charge >= 0.3 is 6.18 Å². The minimum Gasteiger partial charge on any atom is -0.248 e. The maximum Gasteiger partial charge on any atom is 0.433 e. The van der Waals surface area contributed by atoms with Crippen LogP contribution < -0.4 is 0 Å². The molecule has 0 saturated carbocycles. The van der Waals surface area contributed by atoms with E-state index >= 15 is 0 Å². The van der Waals surface area contributed by atoms with Crippen LogP contribution in [0, 0.1) is 6.92 Å². The maximum absolute atomic E-state index is 12.4. The topological polar surface area (TPSA) is 12.9 Å². The fourth-order valence-corrected chi connectivity index (χ4v) is 1.12. The van der Waals surface area contributed by atoms with E-state index in [1.165, 1.54) is 6.07 Å². The van der Waals surface area contributed by atoms with Crippen molar-refractivity contribution in [3.63, 3.8) is 0 Å². The average Bonchev–Trinajstić information content (AvgIpc) is 2.03. The van der Waals surface area contributed by atoms with E-state index in [-0.39, 0.29) is 5.56 Å². The van der Waals surface area contributed by atoms with Crippen molar-refractivity contribution in [1.82, 2.24) is 4.98 Å². The number of alkyl halides is 3. The van der Waals surface area contributed by atoms with E-state index in [2.05, 4.69) is 4.98 Å². The summed E-state index contributed by atoms with van der Waals surface area (Å²) in [5.74, 6) is 0. The smallest absolute Gasteiger partial charge is 0.248 e. The van der Waals surface area contributed by atoms with Gasteiger partial charge in [-0.2, -0.15) is 13.2 Å². The van der Waals surface area contributed by atoms with Crippen molar-refractivity contribution >= 4 is 0 Å². The van der Waals surface area contributed by atoms with E-state index in [0.29, 0.717) is 12.1 Å². The molecule has 0 bridgehead atoms. The van der Waals surface area contributed by atoms with Crippen molar-refractivity contribution < 1.29 is 13.2 Å². The molecule has 0 spiro atoms. The van der Waals surface area contributed by atoms with Crippen molar-refractivity contribution in [2.24, 2.45) is 0 Å². The highest BCUT2D eigenvalue weighted by Crippen LogP contribution is 2.30. The van der Waals surface area contributed by atoms with Crippen molar-refractivity contribution in [1.29, 1.82) is 0 Å². The molecular weight excluding hydrogens is 179 g/mol. The van der Waals surface area contributed by atoms with Crippen LogP contribution in [0.5, 0.6) is 0 Å². The van der Waals surface area contributed by atoms with Gasteiger partial charge in [-0.1, -0.05) is 13.0 Å². The molecule has 0 atom stereocenters. The summed E-state index contributed by atoms with van der Waals surface area (Å²) in [5, 5.41) is 0. The highest BCUT2D eigenvalue weighted by molar-refractivity contribution is 5.24. The summed E-state index contributed by atoms with van der Waals surface area (Å²) in [6.45, 7) is 3.23. The lowest BCUT2D eigenvalue weighted by Crippen LogP contribution is -2.12. The van der Waals surface area contributed by atoms with Gasteiger partial charge in [-0.3, -0.25) is 0 Å². The van der Waals surface area contributed by atoms with Gasteiger partial charge in [0.25, 0.3) is 0 Å². The molecule has 0 N–H and O–H groups in total. The molecule has 0 saturated heterocycles. The quantitative estimate of drug-likeness (QED) is 0.661. The Hall–Kier alpha value is -1.06. The molecule has 1 nitrogen and oxygen atoms in total. The highest BCUT2D eigenvalue weighted by Gasteiger charge is 2.34. The molecule has 0 radical (unpaired) electrons. The average molecular weight is 189 g/mol. The van der Waals surface area contributed by atoms with Crippen LogP contribution in [0.1, 0.15) is 23.9 Å². The second kappa shape index (κ2) is 3.36. The molecule has 0 aliphatic heterocycles. The molecule has 0 amide bonds. The Morgan fingerprint density at radius 2 is 1.92 bits per heavy atom.